The molecule has 27 heavy (non-hydrogen) atoms. The van der Waals surface area contributed by atoms with Crippen LogP contribution in [-0.4, -0.2) is 36.3 Å². The van der Waals surface area contributed by atoms with E-state index in [2.05, 4.69) is 15.5 Å². The van der Waals surface area contributed by atoms with Crippen molar-refractivity contribution in [2.45, 2.75) is 30.6 Å². The van der Waals surface area contributed by atoms with Crippen LogP contribution in [0, 0.1) is 21.4 Å². The number of sulfone groups is 1. The Hall–Kier alpha value is -3.13. The molecule has 144 valence electrons. The van der Waals surface area contributed by atoms with Crippen LogP contribution < -0.4 is 11.1 Å². The maximum absolute atomic E-state index is 11.5. The number of benzene rings is 1. The average Bonchev–Trinajstić information content (AvgIpc) is 2.96. The van der Waals surface area contributed by atoms with Gasteiger partial charge in [-0.25, -0.2) is 8.42 Å². The predicted molar refractivity (Wildman–Crippen MR) is 100.0 cm³/mol. The zero-order chi connectivity index (χ0) is 20.0. The molecule has 0 spiro atoms. The molecule has 1 aromatic carbocycles. The van der Waals surface area contributed by atoms with E-state index < -0.39 is 14.8 Å². The van der Waals surface area contributed by atoms with Crippen molar-refractivity contribution in [3.8, 4) is 6.07 Å². The number of nitro groups is 1. The van der Waals surface area contributed by atoms with Crippen molar-refractivity contribution in [1.29, 1.82) is 5.26 Å². The molecule has 2 rings (SSSR count). The van der Waals surface area contributed by atoms with Gasteiger partial charge >= 0.3 is 0 Å². The molecule has 0 aliphatic carbocycles. The Morgan fingerprint density at radius 1 is 1.37 bits per heavy atom. The molecule has 0 fully saturated rings. The van der Waals surface area contributed by atoms with Crippen molar-refractivity contribution >= 4 is 27.0 Å². The number of aromatic amines is 1. The van der Waals surface area contributed by atoms with Gasteiger partial charge in [0, 0.05) is 18.9 Å². The summed E-state index contributed by atoms with van der Waals surface area (Å²) in [6, 6.07) is 5.82. The van der Waals surface area contributed by atoms with Crippen molar-refractivity contribution in [2.24, 2.45) is 0 Å². The van der Waals surface area contributed by atoms with Gasteiger partial charge in [0.1, 0.15) is 17.3 Å². The SMILES string of the molecule is CS(=O)(=O)c1ccc(NCCCCCc2[nH]nc(N)c2C#N)c([N+](=O)[O-])c1. The van der Waals surface area contributed by atoms with E-state index in [1.165, 1.54) is 12.1 Å². The summed E-state index contributed by atoms with van der Waals surface area (Å²) >= 11 is 0. The fraction of sp³-hybridized carbons (Fsp3) is 0.375. The summed E-state index contributed by atoms with van der Waals surface area (Å²) in [6.07, 6.45) is 4.01. The van der Waals surface area contributed by atoms with Crippen molar-refractivity contribution in [3.63, 3.8) is 0 Å². The normalized spacial score (nSPS) is 11.1. The van der Waals surface area contributed by atoms with Crippen molar-refractivity contribution in [2.75, 3.05) is 23.9 Å². The number of aryl methyl sites for hydroxylation is 1. The molecular weight excluding hydrogens is 372 g/mol. The Morgan fingerprint density at radius 3 is 2.74 bits per heavy atom. The highest BCUT2D eigenvalue weighted by Gasteiger charge is 2.18. The van der Waals surface area contributed by atoms with Crippen molar-refractivity contribution in [1.82, 2.24) is 10.2 Å². The Labute approximate surface area is 156 Å². The average molecular weight is 392 g/mol. The minimum absolute atomic E-state index is 0.0909. The van der Waals surface area contributed by atoms with E-state index in [9.17, 15) is 18.5 Å². The molecule has 4 N–H and O–H groups in total. The quantitative estimate of drug-likeness (QED) is 0.331. The van der Waals surface area contributed by atoms with Gasteiger partial charge in [-0.05, 0) is 31.4 Å². The first-order valence-electron chi connectivity index (χ1n) is 8.19. The summed E-state index contributed by atoms with van der Waals surface area (Å²) in [5, 5.41) is 29.7. The van der Waals surface area contributed by atoms with Crippen LogP contribution in [0.1, 0.15) is 30.5 Å². The number of nitrogens with one attached hydrogen (secondary N) is 2. The topological polar surface area (TPSA) is 168 Å². The highest BCUT2D eigenvalue weighted by molar-refractivity contribution is 7.90. The van der Waals surface area contributed by atoms with Crippen LogP contribution in [0.15, 0.2) is 23.1 Å². The molecule has 0 radical (unpaired) electrons. The molecule has 0 atom stereocenters. The third-order valence-corrected chi connectivity index (χ3v) is 5.10. The Balaban J connectivity index is 1.86. The number of unbranched alkanes of at least 4 members (excludes halogenated alkanes) is 2. The molecule has 10 nitrogen and oxygen atoms in total. The second kappa shape index (κ2) is 8.50. The van der Waals surface area contributed by atoms with Gasteiger partial charge in [0.2, 0.25) is 0 Å². The molecule has 2 aromatic rings. The molecule has 0 unspecified atom stereocenters. The Morgan fingerprint density at radius 2 is 2.11 bits per heavy atom. The number of hydrogen-bond donors (Lipinski definition) is 3. The van der Waals surface area contributed by atoms with Crippen molar-refractivity contribution in [3.05, 3.63) is 39.6 Å². The minimum atomic E-state index is -3.51. The molecule has 1 aromatic heterocycles. The largest absolute Gasteiger partial charge is 0.381 e. The number of H-pyrrole nitrogens is 1. The van der Waals surface area contributed by atoms with Crippen LogP contribution >= 0.6 is 0 Å². The van der Waals surface area contributed by atoms with E-state index in [4.69, 9.17) is 11.0 Å². The molecule has 0 bridgehead atoms. The number of nitrogens with two attached hydrogens (primary N) is 1. The number of anilines is 2. The van der Waals surface area contributed by atoms with Gasteiger partial charge in [0.05, 0.1) is 15.5 Å². The lowest BCUT2D eigenvalue weighted by Gasteiger charge is -2.08. The van der Waals surface area contributed by atoms with Gasteiger partial charge in [-0.3, -0.25) is 15.2 Å². The lowest BCUT2D eigenvalue weighted by molar-refractivity contribution is -0.384. The smallest absolute Gasteiger partial charge is 0.293 e. The molecule has 1 heterocycles. The summed E-state index contributed by atoms with van der Waals surface area (Å²) in [5.74, 6) is 0.194. The van der Waals surface area contributed by atoms with Crippen LogP contribution in [0.4, 0.5) is 17.2 Å². The van der Waals surface area contributed by atoms with E-state index in [0.717, 1.165) is 31.6 Å². The van der Waals surface area contributed by atoms with Gasteiger partial charge in [-0.2, -0.15) is 10.4 Å². The summed E-state index contributed by atoms with van der Waals surface area (Å²) in [7, 11) is -3.51. The Kier molecular flexibility index (Phi) is 6.36. The number of aromatic nitrogens is 2. The third kappa shape index (κ3) is 5.18. The van der Waals surface area contributed by atoms with E-state index in [1.807, 2.05) is 6.07 Å². The number of nitriles is 1. The zero-order valence-corrected chi connectivity index (χ0v) is 15.5. The lowest BCUT2D eigenvalue weighted by Crippen LogP contribution is -2.06. The van der Waals surface area contributed by atoms with Crippen LogP contribution in [-0.2, 0) is 16.3 Å². The lowest BCUT2D eigenvalue weighted by atomic mass is 10.1. The zero-order valence-electron chi connectivity index (χ0n) is 14.7. The van der Waals surface area contributed by atoms with Gasteiger partial charge in [0.25, 0.3) is 5.69 Å². The van der Waals surface area contributed by atoms with Crippen LogP contribution in [0.2, 0.25) is 0 Å². The minimum Gasteiger partial charge on any atom is -0.381 e. The molecular formula is C16H20N6O4S. The summed E-state index contributed by atoms with van der Waals surface area (Å²) < 4.78 is 23.1. The first kappa shape index (κ1) is 20.2. The molecule has 11 heteroatoms. The van der Waals surface area contributed by atoms with E-state index in [-0.39, 0.29) is 22.1 Å². The fourth-order valence-corrected chi connectivity index (χ4v) is 3.21. The number of nitrogen functional groups attached to an aromatic ring is 1. The second-order valence-electron chi connectivity index (χ2n) is 6.02. The summed E-state index contributed by atoms with van der Waals surface area (Å²) in [6.45, 7) is 0.495. The molecule has 0 aliphatic rings. The van der Waals surface area contributed by atoms with Crippen molar-refractivity contribution < 1.29 is 13.3 Å². The fourth-order valence-electron chi connectivity index (χ4n) is 2.57. The highest BCUT2D eigenvalue weighted by Crippen LogP contribution is 2.27. The first-order chi connectivity index (χ1) is 12.7. The van der Waals surface area contributed by atoms with E-state index in [0.29, 0.717) is 24.2 Å². The molecule has 0 amide bonds. The maximum atomic E-state index is 11.5. The standard InChI is InChI=1S/C16H20N6O4S/c1-27(25,26)11-6-7-14(15(9-11)22(23)24)19-8-4-2-3-5-13-12(10-17)16(18)21-20-13/h6-7,9,19H,2-5,8H2,1H3,(H3,18,20,21). The second-order valence-corrected chi connectivity index (χ2v) is 8.04. The predicted octanol–water partition coefficient (Wildman–Crippen LogP) is 2.00. The van der Waals surface area contributed by atoms with Gasteiger partial charge in [0.15, 0.2) is 15.7 Å². The number of nitro benzene ring substituents is 1. The van der Waals surface area contributed by atoms with Crippen LogP contribution in [0.25, 0.3) is 0 Å². The Bertz CT molecular complexity index is 977. The number of hydrogen-bond acceptors (Lipinski definition) is 8. The maximum Gasteiger partial charge on any atom is 0.293 e. The van der Waals surface area contributed by atoms with Gasteiger partial charge in [-0.1, -0.05) is 6.42 Å². The highest BCUT2D eigenvalue weighted by atomic mass is 32.2. The number of rotatable bonds is 9. The van der Waals surface area contributed by atoms with Gasteiger partial charge < -0.3 is 11.1 Å². The number of nitrogens with zero attached hydrogens (tertiary/aromatic N) is 3. The first-order valence-corrected chi connectivity index (χ1v) is 10.1. The summed E-state index contributed by atoms with van der Waals surface area (Å²) in [5.41, 5.74) is 6.66. The monoisotopic (exact) mass is 392 g/mol. The van der Waals surface area contributed by atoms with E-state index >= 15 is 0 Å². The van der Waals surface area contributed by atoms with Gasteiger partial charge in [-0.15, -0.1) is 0 Å². The van der Waals surface area contributed by atoms with E-state index in [1.54, 1.807) is 0 Å². The third-order valence-electron chi connectivity index (χ3n) is 3.99. The molecule has 0 saturated heterocycles. The molecule has 0 aliphatic heterocycles. The van der Waals surface area contributed by atoms with Crippen LogP contribution in [0.3, 0.4) is 0 Å². The van der Waals surface area contributed by atoms with Crippen LogP contribution in [0.5, 0.6) is 0 Å². The summed E-state index contributed by atoms with van der Waals surface area (Å²) in [4.78, 5) is 10.5. The molecule has 0 saturated carbocycles.